The van der Waals surface area contributed by atoms with Crippen molar-refractivity contribution in [1.82, 2.24) is 0 Å². The molecule has 2 rings (SSSR count). The van der Waals surface area contributed by atoms with Crippen molar-refractivity contribution in [2.24, 2.45) is 0 Å². The molecular weight excluding hydrogens is 236 g/mol. The second kappa shape index (κ2) is 7.48. The van der Waals surface area contributed by atoms with Gasteiger partial charge in [0.15, 0.2) is 0 Å². The molecule has 0 bridgehead atoms. The Hall–Kier alpha value is -0.950. The van der Waals surface area contributed by atoms with Crippen molar-refractivity contribution < 1.29 is 0 Å². The molecule has 0 aliphatic heterocycles. The van der Waals surface area contributed by atoms with E-state index in [9.17, 15) is 0 Å². The topological polar surface area (TPSA) is 0 Å². The summed E-state index contributed by atoms with van der Waals surface area (Å²) < 4.78 is 0. The van der Waals surface area contributed by atoms with Crippen molar-refractivity contribution in [2.75, 3.05) is 6.26 Å². The second-order valence-corrected chi connectivity index (χ2v) is 5.64. The van der Waals surface area contributed by atoms with E-state index in [1.165, 1.54) is 33.9 Å². The van der Waals surface area contributed by atoms with Crippen molar-refractivity contribution in [3.8, 4) is 0 Å². The number of benzene rings is 2. The van der Waals surface area contributed by atoms with Crippen molar-refractivity contribution in [3.63, 3.8) is 0 Å². The molecule has 0 spiro atoms. The Morgan fingerprint density at radius 2 is 1.67 bits per heavy atom. The Morgan fingerprint density at radius 1 is 1.00 bits per heavy atom. The zero-order valence-corrected chi connectivity index (χ0v) is 13.0. The minimum atomic E-state index is 1.10. The van der Waals surface area contributed by atoms with Crippen LogP contribution < -0.4 is 0 Å². The SMILES string of the molecule is CCC.CSCc1ccc2c(C)cc(C)cc2c1. The average Bonchev–Trinajstić information content (AvgIpc) is 2.29. The summed E-state index contributed by atoms with van der Waals surface area (Å²) in [5.41, 5.74) is 4.14. The third-order valence-corrected chi connectivity index (χ3v) is 3.30. The van der Waals surface area contributed by atoms with Crippen molar-refractivity contribution in [1.29, 1.82) is 0 Å². The van der Waals surface area contributed by atoms with Gasteiger partial charge < -0.3 is 0 Å². The zero-order valence-electron chi connectivity index (χ0n) is 12.2. The highest BCUT2D eigenvalue weighted by atomic mass is 32.2. The van der Waals surface area contributed by atoms with E-state index in [2.05, 4.69) is 64.3 Å². The normalized spacial score (nSPS) is 10.1. The molecule has 0 unspecified atom stereocenters. The molecule has 0 fully saturated rings. The van der Waals surface area contributed by atoms with Crippen LogP contribution in [0.5, 0.6) is 0 Å². The predicted octanol–water partition coefficient (Wildman–Crippen LogP) is 5.74. The monoisotopic (exact) mass is 260 g/mol. The summed E-state index contributed by atoms with van der Waals surface area (Å²) in [6.07, 6.45) is 3.39. The Bertz CT molecular complexity index is 500. The van der Waals surface area contributed by atoms with Gasteiger partial charge in [-0.3, -0.25) is 0 Å². The Morgan fingerprint density at radius 3 is 2.28 bits per heavy atom. The van der Waals surface area contributed by atoms with Crippen LogP contribution in [0.25, 0.3) is 10.8 Å². The summed E-state index contributed by atoms with van der Waals surface area (Å²) in [5, 5.41) is 2.75. The highest BCUT2D eigenvalue weighted by Crippen LogP contribution is 2.23. The maximum atomic E-state index is 2.31. The van der Waals surface area contributed by atoms with Gasteiger partial charge in [0, 0.05) is 5.75 Å². The van der Waals surface area contributed by atoms with E-state index in [0.29, 0.717) is 0 Å². The van der Waals surface area contributed by atoms with Gasteiger partial charge in [-0.25, -0.2) is 0 Å². The standard InChI is InChI=1S/C14H16S.C3H8/c1-10-6-11(2)14-5-4-12(9-15-3)8-13(14)7-10;1-3-2/h4-8H,9H2,1-3H3;3H2,1-2H3. The third-order valence-electron chi connectivity index (χ3n) is 2.68. The van der Waals surface area contributed by atoms with Crippen LogP contribution in [0.3, 0.4) is 0 Å². The molecule has 0 aliphatic rings. The molecule has 2 aromatic carbocycles. The van der Waals surface area contributed by atoms with Gasteiger partial charge in [0.25, 0.3) is 0 Å². The molecular formula is C17H24S. The van der Waals surface area contributed by atoms with E-state index in [1.807, 2.05) is 11.8 Å². The zero-order chi connectivity index (χ0) is 13.5. The fraction of sp³-hybridized carbons (Fsp3) is 0.412. The molecule has 0 N–H and O–H groups in total. The van der Waals surface area contributed by atoms with Gasteiger partial charge in [-0.15, -0.1) is 0 Å². The summed E-state index contributed by atoms with van der Waals surface area (Å²) in [4.78, 5) is 0. The molecule has 2 aromatic rings. The molecule has 0 heterocycles. The lowest BCUT2D eigenvalue weighted by atomic mass is 10.0. The molecule has 0 atom stereocenters. The molecule has 0 amide bonds. The summed E-state index contributed by atoms with van der Waals surface area (Å²) in [5.74, 6) is 1.10. The number of thioether (sulfide) groups is 1. The van der Waals surface area contributed by atoms with Gasteiger partial charge >= 0.3 is 0 Å². The largest absolute Gasteiger partial charge is 0.161 e. The summed E-state index contributed by atoms with van der Waals surface area (Å²) in [6.45, 7) is 8.59. The van der Waals surface area contributed by atoms with Gasteiger partial charge in [0.2, 0.25) is 0 Å². The number of rotatable bonds is 2. The molecule has 98 valence electrons. The minimum Gasteiger partial charge on any atom is -0.161 e. The summed E-state index contributed by atoms with van der Waals surface area (Å²) in [7, 11) is 0. The van der Waals surface area contributed by atoms with Crippen molar-refractivity contribution in [3.05, 3.63) is 47.0 Å². The van der Waals surface area contributed by atoms with Crippen LogP contribution in [-0.2, 0) is 5.75 Å². The fourth-order valence-corrected chi connectivity index (χ4v) is 2.57. The van der Waals surface area contributed by atoms with E-state index >= 15 is 0 Å². The number of hydrogen-bond donors (Lipinski definition) is 0. The lowest BCUT2D eigenvalue weighted by Gasteiger charge is -2.06. The lowest BCUT2D eigenvalue weighted by Crippen LogP contribution is -1.85. The highest BCUT2D eigenvalue weighted by Gasteiger charge is 2.00. The lowest BCUT2D eigenvalue weighted by molar-refractivity contribution is 1.09. The Balaban J connectivity index is 0.000000492. The average molecular weight is 260 g/mol. The van der Waals surface area contributed by atoms with Gasteiger partial charge in [0.05, 0.1) is 0 Å². The van der Waals surface area contributed by atoms with E-state index in [-0.39, 0.29) is 0 Å². The summed E-state index contributed by atoms with van der Waals surface area (Å²) >= 11 is 1.87. The first-order valence-electron chi connectivity index (χ1n) is 6.61. The van der Waals surface area contributed by atoms with Gasteiger partial charge in [0.1, 0.15) is 0 Å². The van der Waals surface area contributed by atoms with Gasteiger partial charge in [-0.05, 0) is 42.0 Å². The van der Waals surface area contributed by atoms with Gasteiger partial charge in [-0.1, -0.05) is 56.2 Å². The first kappa shape index (κ1) is 15.1. The molecule has 0 aliphatic carbocycles. The van der Waals surface area contributed by atoms with Gasteiger partial charge in [-0.2, -0.15) is 11.8 Å². The summed E-state index contributed by atoms with van der Waals surface area (Å²) in [6, 6.07) is 11.3. The molecule has 0 saturated carbocycles. The predicted molar refractivity (Wildman–Crippen MR) is 86.6 cm³/mol. The highest BCUT2D eigenvalue weighted by molar-refractivity contribution is 7.97. The van der Waals surface area contributed by atoms with Crippen LogP contribution in [0, 0.1) is 13.8 Å². The maximum absolute atomic E-state index is 2.31. The Labute approximate surface area is 116 Å². The molecule has 18 heavy (non-hydrogen) atoms. The molecule has 1 heteroatoms. The molecule has 0 radical (unpaired) electrons. The van der Waals surface area contributed by atoms with E-state index in [0.717, 1.165) is 5.75 Å². The molecule has 0 saturated heterocycles. The second-order valence-electron chi connectivity index (χ2n) is 4.78. The fourth-order valence-electron chi connectivity index (χ4n) is 2.05. The van der Waals surface area contributed by atoms with Crippen molar-refractivity contribution in [2.45, 2.75) is 39.9 Å². The quantitative estimate of drug-likeness (QED) is 0.664. The minimum absolute atomic E-state index is 1.10. The first-order chi connectivity index (χ1) is 8.62. The number of aryl methyl sites for hydroxylation is 2. The molecule has 0 aromatic heterocycles. The number of hydrogen-bond acceptors (Lipinski definition) is 1. The van der Waals surface area contributed by atoms with Crippen molar-refractivity contribution >= 4 is 22.5 Å². The van der Waals surface area contributed by atoms with E-state index < -0.39 is 0 Å². The Kier molecular flexibility index (Phi) is 6.28. The van der Waals surface area contributed by atoms with E-state index in [4.69, 9.17) is 0 Å². The van der Waals surface area contributed by atoms with Crippen LogP contribution in [0.2, 0.25) is 0 Å². The molecule has 0 nitrogen and oxygen atoms in total. The smallest absolute Gasteiger partial charge is 0.0182 e. The van der Waals surface area contributed by atoms with Crippen LogP contribution >= 0.6 is 11.8 Å². The van der Waals surface area contributed by atoms with Crippen LogP contribution in [0.15, 0.2) is 30.3 Å². The van der Waals surface area contributed by atoms with Crippen LogP contribution in [-0.4, -0.2) is 6.26 Å². The maximum Gasteiger partial charge on any atom is 0.0182 e. The van der Waals surface area contributed by atoms with E-state index in [1.54, 1.807) is 0 Å². The third kappa shape index (κ3) is 4.06. The van der Waals surface area contributed by atoms with Crippen LogP contribution in [0.4, 0.5) is 0 Å². The first-order valence-corrected chi connectivity index (χ1v) is 8.00. The number of fused-ring (bicyclic) bond motifs is 1. The van der Waals surface area contributed by atoms with Crippen LogP contribution in [0.1, 0.15) is 37.0 Å².